The van der Waals surface area contributed by atoms with Gasteiger partial charge in [-0.1, -0.05) is 54.3 Å². The summed E-state index contributed by atoms with van der Waals surface area (Å²) in [5.74, 6) is 1.42. The molecular formula is C28H23N3O3S2. The minimum atomic E-state index is -0.117. The van der Waals surface area contributed by atoms with Crippen LogP contribution in [0.1, 0.15) is 11.1 Å². The lowest BCUT2D eigenvalue weighted by Crippen LogP contribution is -2.27. The van der Waals surface area contributed by atoms with Gasteiger partial charge in [0, 0.05) is 17.3 Å². The molecule has 0 radical (unpaired) electrons. The van der Waals surface area contributed by atoms with Crippen molar-refractivity contribution in [2.24, 2.45) is 0 Å². The topological polar surface area (TPSA) is 56.6 Å². The molecule has 0 N–H and O–H groups in total. The van der Waals surface area contributed by atoms with Crippen LogP contribution in [0.3, 0.4) is 0 Å². The number of hydrogen-bond donors (Lipinski definition) is 0. The maximum atomic E-state index is 13.3. The number of ether oxygens (including phenoxy) is 2. The van der Waals surface area contributed by atoms with E-state index in [4.69, 9.17) is 26.8 Å². The Kier molecular flexibility index (Phi) is 6.88. The van der Waals surface area contributed by atoms with Crippen molar-refractivity contribution in [3.05, 3.63) is 101 Å². The molecule has 1 aliphatic heterocycles. The normalized spacial score (nSPS) is 14.5. The molecule has 4 aromatic rings. The molecule has 1 aliphatic rings. The molecule has 0 atom stereocenters. The number of thioether (sulfide) groups is 1. The zero-order valence-corrected chi connectivity index (χ0v) is 21.4. The first-order valence-electron chi connectivity index (χ1n) is 11.2. The molecule has 0 spiro atoms. The molecule has 2 heterocycles. The van der Waals surface area contributed by atoms with Crippen LogP contribution in [-0.2, 0) is 11.3 Å². The second-order valence-corrected chi connectivity index (χ2v) is 9.73. The Balaban J connectivity index is 1.48. The Morgan fingerprint density at radius 1 is 0.917 bits per heavy atom. The van der Waals surface area contributed by atoms with Crippen LogP contribution in [0.15, 0.2) is 90.0 Å². The highest BCUT2D eigenvalue weighted by Gasteiger charge is 2.32. The van der Waals surface area contributed by atoms with Crippen LogP contribution in [-0.4, -0.2) is 39.1 Å². The molecule has 3 aromatic carbocycles. The zero-order valence-electron chi connectivity index (χ0n) is 19.8. The molecule has 5 rings (SSSR count). The summed E-state index contributed by atoms with van der Waals surface area (Å²) in [5, 5.41) is 4.85. The molecule has 180 valence electrons. The highest BCUT2D eigenvalue weighted by Crippen LogP contribution is 2.36. The summed E-state index contributed by atoms with van der Waals surface area (Å²) >= 11 is 6.87. The van der Waals surface area contributed by atoms with Gasteiger partial charge in [0.25, 0.3) is 5.91 Å². The molecule has 0 saturated carbocycles. The van der Waals surface area contributed by atoms with E-state index >= 15 is 0 Å². The van der Waals surface area contributed by atoms with Crippen molar-refractivity contribution in [3.8, 4) is 28.4 Å². The van der Waals surface area contributed by atoms with Crippen LogP contribution in [0.4, 0.5) is 0 Å². The molecule has 0 aliphatic carbocycles. The first-order valence-corrected chi connectivity index (χ1v) is 12.5. The fourth-order valence-electron chi connectivity index (χ4n) is 3.87. The van der Waals surface area contributed by atoms with Crippen molar-refractivity contribution in [2.75, 3.05) is 14.2 Å². The number of aromatic nitrogens is 2. The lowest BCUT2D eigenvalue weighted by atomic mass is 10.1. The molecule has 0 bridgehead atoms. The van der Waals surface area contributed by atoms with Crippen LogP contribution in [0.25, 0.3) is 23.0 Å². The monoisotopic (exact) mass is 513 g/mol. The van der Waals surface area contributed by atoms with Crippen LogP contribution in [0, 0.1) is 0 Å². The Hall–Kier alpha value is -3.88. The number of rotatable bonds is 7. The molecule has 36 heavy (non-hydrogen) atoms. The number of hydrogen-bond acceptors (Lipinski definition) is 6. The van der Waals surface area contributed by atoms with E-state index in [2.05, 4.69) is 0 Å². The summed E-state index contributed by atoms with van der Waals surface area (Å²) in [6.07, 6.45) is 3.81. The first kappa shape index (κ1) is 23.8. The molecular weight excluding hydrogens is 490 g/mol. The lowest BCUT2D eigenvalue weighted by Gasteiger charge is -2.14. The van der Waals surface area contributed by atoms with E-state index in [9.17, 15) is 4.79 Å². The number of nitrogens with zero attached hydrogens (tertiary/aromatic N) is 3. The van der Waals surface area contributed by atoms with Crippen molar-refractivity contribution >= 4 is 40.3 Å². The quantitative estimate of drug-likeness (QED) is 0.225. The van der Waals surface area contributed by atoms with E-state index in [0.717, 1.165) is 39.6 Å². The molecule has 1 fully saturated rings. The van der Waals surface area contributed by atoms with Gasteiger partial charge in [0.2, 0.25) is 0 Å². The van der Waals surface area contributed by atoms with Gasteiger partial charge in [-0.15, -0.1) is 0 Å². The number of benzene rings is 3. The zero-order chi connectivity index (χ0) is 25.1. The molecule has 0 unspecified atom stereocenters. The number of carbonyl (C=O) groups excluding carboxylic acids is 1. The summed E-state index contributed by atoms with van der Waals surface area (Å²) in [6, 6.07) is 25.2. The van der Waals surface area contributed by atoms with E-state index < -0.39 is 0 Å². The number of carbonyl (C=O) groups is 1. The van der Waals surface area contributed by atoms with Gasteiger partial charge in [0.05, 0.1) is 37.1 Å². The number of para-hydroxylation sites is 1. The summed E-state index contributed by atoms with van der Waals surface area (Å²) in [6.45, 7) is 0.403. The van der Waals surface area contributed by atoms with Crippen molar-refractivity contribution in [3.63, 3.8) is 0 Å². The average molecular weight is 514 g/mol. The largest absolute Gasteiger partial charge is 0.497 e. The van der Waals surface area contributed by atoms with E-state index in [0.29, 0.717) is 15.8 Å². The molecule has 8 heteroatoms. The predicted molar refractivity (Wildman–Crippen MR) is 147 cm³/mol. The Morgan fingerprint density at radius 2 is 1.56 bits per heavy atom. The maximum Gasteiger partial charge on any atom is 0.266 e. The van der Waals surface area contributed by atoms with Gasteiger partial charge in [0.15, 0.2) is 0 Å². The first-order chi connectivity index (χ1) is 17.6. The van der Waals surface area contributed by atoms with Crippen molar-refractivity contribution < 1.29 is 14.3 Å². The Labute approximate surface area is 219 Å². The fraction of sp³-hybridized carbons (Fsp3) is 0.107. The lowest BCUT2D eigenvalue weighted by molar-refractivity contribution is -0.122. The number of methoxy groups -OCH3 is 2. The highest BCUT2D eigenvalue weighted by atomic mass is 32.2. The minimum absolute atomic E-state index is 0.117. The smallest absolute Gasteiger partial charge is 0.266 e. The second kappa shape index (κ2) is 10.4. The number of thiocarbonyl (C=S) groups is 1. The Bertz CT molecular complexity index is 1430. The average Bonchev–Trinajstić information content (AvgIpc) is 3.46. The Morgan fingerprint density at radius 3 is 2.19 bits per heavy atom. The van der Waals surface area contributed by atoms with Gasteiger partial charge < -0.3 is 9.47 Å². The fourth-order valence-corrected chi connectivity index (χ4v) is 5.12. The third-order valence-electron chi connectivity index (χ3n) is 5.79. The summed E-state index contributed by atoms with van der Waals surface area (Å²) in [7, 11) is 3.26. The van der Waals surface area contributed by atoms with Gasteiger partial charge in [-0.25, -0.2) is 4.68 Å². The third kappa shape index (κ3) is 4.91. The van der Waals surface area contributed by atoms with Crippen LogP contribution in [0.5, 0.6) is 11.5 Å². The van der Waals surface area contributed by atoms with Gasteiger partial charge in [-0.2, -0.15) is 5.10 Å². The van der Waals surface area contributed by atoms with Gasteiger partial charge in [-0.05, 0) is 60.2 Å². The molecule has 1 aromatic heterocycles. The predicted octanol–water partition coefficient (Wildman–Crippen LogP) is 5.96. The van der Waals surface area contributed by atoms with E-state index in [-0.39, 0.29) is 5.91 Å². The molecule has 1 saturated heterocycles. The summed E-state index contributed by atoms with van der Waals surface area (Å²) in [5.41, 5.74) is 4.42. The van der Waals surface area contributed by atoms with Crippen molar-refractivity contribution in [2.45, 2.75) is 6.54 Å². The summed E-state index contributed by atoms with van der Waals surface area (Å²) < 4.78 is 12.9. The van der Waals surface area contributed by atoms with Crippen molar-refractivity contribution in [1.29, 1.82) is 0 Å². The van der Waals surface area contributed by atoms with Gasteiger partial charge in [-0.3, -0.25) is 9.69 Å². The third-order valence-corrected chi connectivity index (χ3v) is 7.16. The van der Waals surface area contributed by atoms with Gasteiger partial charge >= 0.3 is 0 Å². The molecule has 6 nitrogen and oxygen atoms in total. The van der Waals surface area contributed by atoms with Crippen LogP contribution >= 0.6 is 24.0 Å². The summed E-state index contributed by atoms with van der Waals surface area (Å²) in [4.78, 5) is 15.5. The second-order valence-electron chi connectivity index (χ2n) is 8.06. The van der Waals surface area contributed by atoms with Crippen LogP contribution in [0.2, 0.25) is 0 Å². The van der Waals surface area contributed by atoms with Gasteiger partial charge in [0.1, 0.15) is 15.8 Å². The van der Waals surface area contributed by atoms with E-state index in [1.165, 1.54) is 11.8 Å². The van der Waals surface area contributed by atoms with Crippen molar-refractivity contribution in [1.82, 2.24) is 14.7 Å². The maximum absolute atomic E-state index is 13.3. The highest BCUT2D eigenvalue weighted by molar-refractivity contribution is 8.26. The van der Waals surface area contributed by atoms with E-state index in [1.54, 1.807) is 19.1 Å². The minimum Gasteiger partial charge on any atom is -0.497 e. The van der Waals surface area contributed by atoms with Crippen LogP contribution < -0.4 is 9.47 Å². The molecule has 1 amide bonds. The SMILES string of the molecule is COc1ccc(CN2C(=O)C(=Cc3cn(-c4ccccc4)nc3-c3ccc(OC)cc3)SC2=S)cc1. The number of amides is 1. The van der Waals surface area contributed by atoms with E-state index in [1.807, 2.05) is 95.8 Å². The standard InChI is InChI=1S/C28H23N3O3S2/c1-33-23-12-8-19(9-13-23)17-30-27(32)25(36-28(30)35)16-21-18-31(22-6-4-3-5-7-22)29-26(21)20-10-14-24(34-2)15-11-20/h3-16,18H,17H2,1-2H3.